The Labute approximate surface area is 322 Å². The molecule has 0 heterocycles. The number of hydrogen-bond donors (Lipinski definition) is 0. The fourth-order valence-corrected chi connectivity index (χ4v) is 8.29. The van der Waals surface area contributed by atoms with Crippen LogP contribution in [0.4, 0.5) is 17.1 Å². The summed E-state index contributed by atoms with van der Waals surface area (Å²) in [5, 5.41) is 7.60. The summed E-state index contributed by atoms with van der Waals surface area (Å²) >= 11 is 0. The third-order valence-electron chi connectivity index (χ3n) is 10.8. The summed E-state index contributed by atoms with van der Waals surface area (Å²) in [6.45, 7) is 0. The molecule has 10 aromatic rings. The maximum Gasteiger partial charge on any atom is 0.0462 e. The van der Waals surface area contributed by atoms with E-state index in [9.17, 15) is 0 Å². The van der Waals surface area contributed by atoms with Gasteiger partial charge in [0.2, 0.25) is 0 Å². The lowest BCUT2D eigenvalue weighted by atomic mass is 9.84. The zero-order chi connectivity index (χ0) is 36.6. The molecule has 0 amide bonds. The molecule has 0 radical (unpaired) electrons. The van der Waals surface area contributed by atoms with Crippen LogP contribution in [0.3, 0.4) is 0 Å². The van der Waals surface area contributed by atoms with Gasteiger partial charge in [-0.25, -0.2) is 0 Å². The molecule has 55 heavy (non-hydrogen) atoms. The average molecular weight is 700 g/mol. The molecule has 0 bridgehead atoms. The third-order valence-corrected chi connectivity index (χ3v) is 10.8. The maximum atomic E-state index is 2.36. The summed E-state index contributed by atoms with van der Waals surface area (Å²) in [6, 6.07) is 81.3. The standard InChI is InChI=1S/C54H37N/c1-3-16-41(17-4-1)53-51-26-11-9-24-49(51)50-25-10-12-27-52(50)54(53)43-20-13-19-42(37-43)38-29-33-45(34-30-38)55(44-21-5-2-6-22-44)46-35-31-40(32-36-46)48-28-14-18-39-15-7-8-23-47(39)48/h1-37H. The molecule has 10 rings (SSSR count). The SMILES string of the molecule is c1ccc(-c2c(-c3cccc(-c4ccc(N(c5ccccc5)c5ccc(-c6cccc7ccccc67)cc5)cc4)c3)c3ccccc3c3ccccc23)cc1. The van der Waals surface area contributed by atoms with Gasteiger partial charge >= 0.3 is 0 Å². The van der Waals surface area contributed by atoms with Crippen LogP contribution in [-0.4, -0.2) is 0 Å². The van der Waals surface area contributed by atoms with Crippen molar-refractivity contribution >= 4 is 49.4 Å². The lowest BCUT2D eigenvalue weighted by molar-refractivity contribution is 1.28. The van der Waals surface area contributed by atoms with Crippen LogP contribution in [-0.2, 0) is 0 Å². The quantitative estimate of drug-likeness (QED) is 0.150. The minimum Gasteiger partial charge on any atom is -0.311 e. The third kappa shape index (κ3) is 5.93. The van der Waals surface area contributed by atoms with Crippen LogP contribution in [0, 0.1) is 0 Å². The summed E-state index contributed by atoms with van der Waals surface area (Å²) in [4.78, 5) is 2.33. The predicted octanol–water partition coefficient (Wildman–Crippen LogP) is 15.3. The number of fused-ring (bicyclic) bond motifs is 4. The largest absolute Gasteiger partial charge is 0.311 e. The van der Waals surface area contributed by atoms with E-state index < -0.39 is 0 Å². The van der Waals surface area contributed by atoms with Crippen LogP contribution in [0.2, 0.25) is 0 Å². The Morgan fingerprint density at radius 2 is 0.673 bits per heavy atom. The smallest absolute Gasteiger partial charge is 0.0462 e. The lowest BCUT2D eigenvalue weighted by Crippen LogP contribution is -2.09. The Bertz CT molecular complexity index is 2940. The Morgan fingerprint density at radius 3 is 1.33 bits per heavy atom. The highest BCUT2D eigenvalue weighted by molar-refractivity contribution is 6.21. The van der Waals surface area contributed by atoms with Crippen LogP contribution in [0.25, 0.3) is 76.8 Å². The second kappa shape index (κ2) is 14.0. The van der Waals surface area contributed by atoms with Crippen LogP contribution >= 0.6 is 0 Å². The molecular weight excluding hydrogens is 663 g/mol. The van der Waals surface area contributed by atoms with Gasteiger partial charge in [-0.2, -0.15) is 0 Å². The molecule has 0 unspecified atom stereocenters. The minimum absolute atomic E-state index is 1.11. The number of rotatable bonds is 7. The van der Waals surface area contributed by atoms with Crippen molar-refractivity contribution in [3.63, 3.8) is 0 Å². The first kappa shape index (κ1) is 32.4. The van der Waals surface area contributed by atoms with Crippen LogP contribution in [0.5, 0.6) is 0 Å². The number of nitrogens with zero attached hydrogens (tertiary/aromatic N) is 1. The highest BCUT2D eigenvalue weighted by Crippen LogP contribution is 2.45. The number of para-hydroxylation sites is 1. The molecular formula is C54H37N. The lowest BCUT2D eigenvalue weighted by Gasteiger charge is -2.26. The average Bonchev–Trinajstić information content (AvgIpc) is 3.27. The molecule has 10 aromatic carbocycles. The van der Waals surface area contributed by atoms with Crippen molar-refractivity contribution in [1.29, 1.82) is 0 Å². The van der Waals surface area contributed by atoms with Crippen LogP contribution in [0.15, 0.2) is 224 Å². The molecule has 0 spiro atoms. The van der Waals surface area contributed by atoms with Gasteiger partial charge < -0.3 is 4.90 Å². The van der Waals surface area contributed by atoms with Gasteiger partial charge in [0.1, 0.15) is 0 Å². The Hall–Kier alpha value is -7.22. The zero-order valence-corrected chi connectivity index (χ0v) is 30.3. The monoisotopic (exact) mass is 699 g/mol. The molecule has 258 valence electrons. The van der Waals surface area contributed by atoms with E-state index in [0.717, 1.165) is 17.1 Å². The molecule has 0 saturated heterocycles. The maximum absolute atomic E-state index is 2.36. The molecule has 1 heteroatoms. The van der Waals surface area contributed by atoms with Crippen molar-refractivity contribution in [2.45, 2.75) is 0 Å². The molecule has 0 atom stereocenters. The molecule has 0 aromatic heterocycles. The van der Waals surface area contributed by atoms with Gasteiger partial charge in [-0.05, 0) is 119 Å². The molecule has 0 saturated carbocycles. The van der Waals surface area contributed by atoms with Gasteiger partial charge in [-0.15, -0.1) is 0 Å². The van der Waals surface area contributed by atoms with E-state index >= 15 is 0 Å². The fourth-order valence-electron chi connectivity index (χ4n) is 8.29. The number of hydrogen-bond acceptors (Lipinski definition) is 1. The van der Waals surface area contributed by atoms with E-state index in [1.165, 1.54) is 76.8 Å². The summed E-state index contributed by atoms with van der Waals surface area (Å²) in [5.41, 5.74) is 13.1. The summed E-state index contributed by atoms with van der Waals surface area (Å²) in [5.74, 6) is 0. The predicted molar refractivity (Wildman–Crippen MR) is 235 cm³/mol. The fraction of sp³-hybridized carbons (Fsp3) is 0. The Balaban J connectivity index is 1.05. The number of anilines is 3. The summed E-state index contributed by atoms with van der Waals surface area (Å²) < 4.78 is 0. The molecule has 0 aliphatic carbocycles. The molecule has 0 fully saturated rings. The number of benzene rings is 10. The van der Waals surface area contributed by atoms with E-state index in [0.29, 0.717) is 0 Å². The molecule has 0 aliphatic rings. The van der Waals surface area contributed by atoms with Crippen molar-refractivity contribution in [3.05, 3.63) is 224 Å². The highest BCUT2D eigenvalue weighted by atomic mass is 15.1. The van der Waals surface area contributed by atoms with Gasteiger partial charge in [-0.1, -0.05) is 182 Å². The second-order valence-electron chi connectivity index (χ2n) is 14.1. The van der Waals surface area contributed by atoms with Gasteiger partial charge in [0.25, 0.3) is 0 Å². The van der Waals surface area contributed by atoms with Gasteiger partial charge in [0, 0.05) is 17.1 Å². The minimum atomic E-state index is 1.11. The van der Waals surface area contributed by atoms with E-state index in [1.807, 2.05) is 0 Å². The van der Waals surface area contributed by atoms with Gasteiger partial charge in [-0.3, -0.25) is 0 Å². The van der Waals surface area contributed by atoms with Crippen LogP contribution < -0.4 is 4.90 Å². The Kier molecular flexibility index (Phi) is 8.24. The van der Waals surface area contributed by atoms with E-state index in [2.05, 4.69) is 229 Å². The second-order valence-corrected chi connectivity index (χ2v) is 14.1. The first-order chi connectivity index (χ1) is 27.3. The summed E-state index contributed by atoms with van der Waals surface area (Å²) in [7, 11) is 0. The zero-order valence-electron chi connectivity index (χ0n) is 30.3. The van der Waals surface area contributed by atoms with Gasteiger partial charge in [0.15, 0.2) is 0 Å². The van der Waals surface area contributed by atoms with E-state index in [4.69, 9.17) is 0 Å². The van der Waals surface area contributed by atoms with E-state index in [-0.39, 0.29) is 0 Å². The van der Waals surface area contributed by atoms with Crippen molar-refractivity contribution in [2.75, 3.05) is 4.90 Å². The van der Waals surface area contributed by atoms with E-state index in [1.54, 1.807) is 0 Å². The van der Waals surface area contributed by atoms with Crippen molar-refractivity contribution in [1.82, 2.24) is 0 Å². The molecule has 0 N–H and O–H groups in total. The normalized spacial score (nSPS) is 11.3. The first-order valence-electron chi connectivity index (χ1n) is 18.9. The van der Waals surface area contributed by atoms with Crippen molar-refractivity contribution in [2.24, 2.45) is 0 Å². The first-order valence-corrected chi connectivity index (χ1v) is 18.9. The Morgan fingerprint density at radius 1 is 0.236 bits per heavy atom. The molecule has 1 nitrogen and oxygen atoms in total. The van der Waals surface area contributed by atoms with Crippen molar-refractivity contribution < 1.29 is 0 Å². The molecule has 0 aliphatic heterocycles. The highest BCUT2D eigenvalue weighted by Gasteiger charge is 2.18. The van der Waals surface area contributed by atoms with Crippen molar-refractivity contribution in [3.8, 4) is 44.5 Å². The summed E-state index contributed by atoms with van der Waals surface area (Å²) in [6.07, 6.45) is 0. The van der Waals surface area contributed by atoms with Gasteiger partial charge in [0.05, 0.1) is 0 Å². The van der Waals surface area contributed by atoms with Crippen LogP contribution in [0.1, 0.15) is 0 Å². The topological polar surface area (TPSA) is 3.24 Å².